The van der Waals surface area contributed by atoms with Crippen LogP contribution in [0.1, 0.15) is 12.8 Å². The minimum absolute atomic E-state index is 0.00642. The Balaban J connectivity index is 1.49. The maximum atomic E-state index is 12.1. The average molecular weight is 397 g/mol. The van der Waals surface area contributed by atoms with Crippen molar-refractivity contribution in [3.05, 3.63) is 24.3 Å². The lowest BCUT2D eigenvalue weighted by molar-refractivity contribution is -0.130. The predicted molar refractivity (Wildman–Crippen MR) is 97.2 cm³/mol. The number of amides is 3. The van der Waals surface area contributed by atoms with Crippen molar-refractivity contribution in [3.8, 4) is 0 Å². The number of anilines is 1. The normalized spacial score (nSPS) is 21.2. The molecule has 1 aromatic rings. The van der Waals surface area contributed by atoms with Crippen LogP contribution < -0.4 is 15.8 Å². The third-order valence-corrected chi connectivity index (χ3v) is 7.11. The minimum Gasteiger partial charge on any atom is -0.310 e. The molecule has 0 spiro atoms. The number of hydrogen-bond acceptors (Lipinski definition) is 6. The van der Waals surface area contributed by atoms with Crippen LogP contribution in [0.4, 0.5) is 5.69 Å². The third kappa shape index (κ3) is 4.36. The van der Waals surface area contributed by atoms with Gasteiger partial charge in [-0.15, -0.1) is 11.8 Å². The minimum atomic E-state index is -3.16. The number of para-hydroxylation sites is 1. The summed E-state index contributed by atoms with van der Waals surface area (Å²) in [5.74, 6) is -1.52. The first kappa shape index (κ1) is 18.7. The van der Waals surface area contributed by atoms with E-state index >= 15 is 0 Å². The predicted octanol–water partition coefficient (Wildman–Crippen LogP) is 0.0975. The Bertz CT molecular complexity index is 840. The van der Waals surface area contributed by atoms with E-state index in [1.165, 1.54) is 11.8 Å². The fourth-order valence-corrected chi connectivity index (χ4v) is 5.59. The van der Waals surface area contributed by atoms with Gasteiger partial charge in [0.2, 0.25) is 17.7 Å². The number of carbonyl (C=O) groups is 3. The molecule has 2 heterocycles. The number of nitrogens with one attached hydrogen (secondary N) is 2. The number of carbonyl (C=O) groups excluding carboxylic acids is 3. The Hall–Kier alpha value is -2.07. The lowest BCUT2D eigenvalue weighted by Gasteiger charge is -2.28. The van der Waals surface area contributed by atoms with E-state index < -0.39 is 27.6 Å². The summed E-state index contributed by atoms with van der Waals surface area (Å²) in [6.45, 7) is 0.204. The van der Waals surface area contributed by atoms with E-state index in [4.69, 9.17) is 0 Å². The molecule has 0 aliphatic carbocycles. The first-order valence-corrected chi connectivity index (χ1v) is 11.0. The highest BCUT2D eigenvalue weighted by Crippen LogP contribution is 2.34. The zero-order valence-electron chi connectivity index (χ0n) is 13.9. The second-order valence-electron chi connectivity index (χ2n) is 6.19. The molecule has 26 heavy (non-hydrogen) atoms. The van der Waals surface area contributed by atoms with Gasteiger partial charge in [0, 0.05) is 17.9 Å². The van der Waals surface area contributed by atoms with E-state index in [1.54, 1.807) is 4.90 Å². The van der Waals surface area contributed by atoms with Gasteiger partial charge >= 0.3 is 0 Å². The highest BCUT2D eigenvalue weighted by atomic mass is 32.2. The lowest BCUT2D eigenvalue weighted by atomic mass is 10.1. The van der Waals surface area contributed by atoms with Crippen molar-refractivity contribution in [2.45, 2.75) is 17.7 Å². The Kier molecular flexibility index (Phi) is 5.52. The standard InChI is InChI=1S/C16H19N3O5S2/c20-14(17-18-16(22)11-6-8-26(23,24)10-11)5-7-19-12-3-1-2-4-13(12)25-9-15(19)21/h1-4,11H,5-10H2,(H,17,20)(H,18,22)/t11-/m1/s1. The van der Waals surface area contributed by atoms with Crippen LogP contribution >= 0.6 is 11.8 Å². The first-order chi connectivity index (χ1) is 12.4. The van der Waals surface area contributed by atoms with E-state index in [1.807, 2.05) is 24.3 Å². The number of hydrogen-bond donors (Lipinski definition) is 2. The molecule has 0 unspecified atom stereocenters. The van der Waals surface area contributed by atoms with Crippen LogP contribution in [0.5, 0.6) is 0 Å². The third-order valence-electron chi connectivity index (χ3n) is 4.30. The number of sulfone groups is 1. The summed E-state index contributed by atoms with van der Waals surface area (Å²) >= 11 is 1.47. The summed E-state index contributed by atoms with van der Waals surface area (Å²) in [6, 6.07) is 7.49. The topological polar surface area (TPSA) is 113 Å². The number of thioether (sulfide) groups is 1. The van der Waals surface area contributed by atoms with Gasteiger partial charge in [0.05, 0.1) is 28.9 Å². The second kappa shape index (κ2) is 7.67. The molecule has 3 amide bonds. The van der Waals surface area contributed by atoms with Gasteiger partial charge in [-0.2, -0.15) is 0 Å². The van der Waals surface area contributed by atoms with Crippen LogP contribution in [0.3, 0.4) is 0 Å². The van der Waals surface area contributed by atoms with E-state index in [0.717, 1.165) is 10.6 Å². The van der Waals surface area contributed by atoms with Crippen LogP contribution in [0.15, 0.2) is 29.2 Å². The molecule has 1 saturated heterocycles. The summed E-state index contributed by atoms with van der Waals surface area (Å²) in [4.78, 5) is 38.5. The van der Waals surface area contributed by atoms with Gasteiger partial charge in [0.1, 0.15) is 0 Å². The molecular formula is C16H19N3O5S2. The molecule has 0 radical (unpaired) electrons. The van der Waals surface area contributed by atoms with Crippen molar-refractivity contribution in [3.63, 3.8) is 0 Å². The molecule has 3 rings (SSSR count). The molecule has 2 aliphatic rings. The Labute approximate surface area is 155 Å². The molecular weight excluding hydrogens is 378 g/mol. The average Bonchev–Trinajstić information content (AvgIpc) is 2.98. The van der Waals surface area contributed by atoms with Gasteiger partial charge < -0.3 is 4.90 Å². The highest BCUT2D eigenvalue weighted by Gasteiger charge is 2.33. The number of fused-ring (bicyclic) bond motifs is 1. The van der Waals surface area contributed by atoms with Crippen molar-refractivity contribution >= 4 is 45.0 Å². The molecule has 1 aromatic carbocycles. The second-order valence-corrected chi connectivity index (χ2v) is 9.44. The zero-order chi connectivity index (χ0) is 18.7. The SMILES string of the molecule is O=C(CCN1C(=O)CSc2ccccc21)NNC(=O)[C@@H]1CCS(=O)(=O)C1. The molecule has 8 nitrogen and oxygen atoms in total. The van der Waals surface area contributed by atoms with E-state index in [9.17, 15) is 22.8 Å². The summed E-state index contributed by atoms with van der Waals surface area (Å²) < 4.78 is 22.8. The van der Waals surface area contributed by atoms with Gasteiger partial charge in [0.25, 0.3) is 0 Å². The van der Waals surface area contributed by atoms with Crippen molar-refractivity contribution < 1.29 is 22.8 Å². The molecule has 1 atom stereocenters. The highest BCUT2D eigenvalue weighted by molar-refractivity contribution is 8.00. The molecule has 1 fully saturated rings. The molecule has 0 saturated carbocycles. The molecule has 2 aliphatic heterocycles. The van der Waals surface area contributed by atoms with Gasteiger partial charge in [-0.1, -0.05) is 12.1 Å². The number of benzene rings is 1. The van der Waals surface area contributed by atoms with Gasteiger partial charge in [-0.25, -0.2) is 8.42 Å². The van der Waals surface area contributed by atoms with Gasteiger partial charge in [0.15, 0.2) is 9.84 Å². The Morgan fingerprint density at radius 2 is 2.00 bits per heavy atom. The maximum Gasteiger partial charge on any atom is 0.242 e. The fourth-order valence-electron chi connectivity index (χ4n) is 2.91. The summed E-state index contributed by atoms with van der Waals surface area (Å²) in [5.41, 5.74) is 5.34. The summed E-state index contributed by atoms with van der Waals surface area (Å²) in [5, 5.41) is 0. The molecule has 140 valence electrons. The number of nitrogens with zero attached hydrogens (tertiary/aromatic N) is 1. The molecule has 2 N–H and O–H groups in total. The smallest absolute Gasteiger partial charge is 0.242 e. The molecule has 0 bridgehead atoms. The van der Waals surface area contributed by atoms with Crippen LogP contribution in [0.25, 0.3) is 0 Å². The van der Waals surface area contributed by atoms with Crippen LogP contribution in [0.2, 0.25) is 0 Å². The van der Waals surface area contributed by atoms with Crippen molar-refractivity contribution in [1.82, 2.24) is 10.9 Å². The number of hydrazine groups is 1. The van der Waals surface area contributed by atoms with E-state index in [2.05, 4.69) is 10.9 Å². The Morgan fingerprint density at radius 1 is 1.23 bits per heavy atom. The summed E-state index contributed by atoms with van der Waals surface area (Å²) in [6.07, 6.45) is 0.286. The first-order valence-electron chi connectivity index (χ1n) is 8.17. The van der Waals surface area contributed by atoms with Crippen molar-refractivity contribution in [1.29, 1.82) is 0 Å². The summed E-state index contributed by atoms with van der Waals surface area (Å²) in [7, 11) is -3.16. The molecule has 10 heteroatoms. The lowest BCUT2D eigenvalue weighted by Crippen LogP contribution is -2.46. The van der Waals surface area contributed by atoms with Crippen molar-refractivity contribution in [2.75, 3.05) is 28.7 Å². The monoisotopic (exact) mass is 397 g/mol. The van der Waals surface area contributed by atoms with Crippen LogP contribution in [-0.4, -0.2) is 49.9 Å². The number of rotatable bonds is 4. The molecule has 0 aromatic heterocycles. The van der Waals surface area contributed by atoms with E-state index in [-0.39, 0.29) is 36.8 Å². The maximum absolute atomic E-state index is 12.1. The van der Waals surface area contributed by atoms with Crippen molar-refractivity contribution in [2.24, 2.45) is 5.92 Å². The quantitative estimate of drug-likeness (QED) is 0.697. The largest absolute Gasteiger partial charge is 0.310 e. The Morgan fingerprint density at radius 3 is 2.73 bits per heavy atom. The van der Waals surface area contributed by atoms with Crippen LogP contribution in [0, 0.1) is 5.92 Å². The fraction of sp³-hybridized carbons (Fsp3) is 0.438. The van der Waals surface area contributed by atoms with Gasteiger partial charge in [-0.3, -0.25) is 25.2 Å². The van der Waals surface area contributed by atoms with Crippen LogP contribution in [-0.2, 0) is 24.2 Å². The van der Waals surface area contributed by atoms with E-state index in [0.29, 0.717) is 5.75 Å². The van der Waals surface area contributed by atoms with Gasteiger partial charge in [-0.05, 0) is 18.6 Å². The zero-order valence-corrected chi connectivity index (χ0v) is 15.6.